The van der Waals surface area contributed by atoms with Gasteiger partial charge in [0.25, 0.3) is 15.7 Å². The fraction of sp³-hybridized carbons (Fsp3) is 0.133. The molecular formula is C15H11BrN2O5S. The largest absolute Gasteiger partial charge is 0.293 e. The van der Waals surface area contributed by atoms with Gasteiger partial charge in [-0.2, -0.15) is 4.31 Å². The van der Waals surface area contributed by atoms with Gasteiger partial charge in [0.2, 0.25) is 0 Å². The zero-order valence-corrected chi connectivity index (χ0v) is 14.6. The van der Waals surface area contributed by atoms with Crippen LogP contribution in [0.3, 0.4) is 0 Å². The van der Waals surface area contributed by atoms with Gasteiger partial charge in [-0.15, -0.1) is 0 Å². The lowest BCUT2D eigenvalue weighted by atomic mass is 10.0. The molecule has 9 heteroatoms. The quantitative estimate of drug-likeness (QED) is 0.572. The van der Waals surface area contributed by atoms with E-state index in [4.69, 9.17) is 0 Å². The Morgan fingerprint density at radius 1 is 1.12 bits per heavy atom. The lowest BCUT2D eigenvalue weighted by molar-refractivity contribution is -0.387. The number of ketones is 1. The van der Waals surface area contributed by atoms with Gasteiger partial charge >= 0.3 is 0 Å². The summed E-state index contributed by atoms with van der Waals surface area (Å²) in [5.74, 6) is -0.347. The molecule has 0 spiro atoms. The summed E-state index contributed by atoms with van der Waals surface area (Å²) in [5.41, 5.74) is 0.515. The van der Waals surface area contributed by atoms with Gasteiger partial charge < -0.3 is 0 Å². The van der Waals surface area contributed by atoms with Crippen LogP contribution >= 0.6 is 15.9 Å². The number of fused-ring (bicyclic) bond motifs is 1. The molecule has 2 aromatic carbocycles. The van der Waals surface area contributed by atoms with Gasteiger partial charge in [0.05, 0.1) is 11.5 Å². The Labute approximate surface area is 146 Å². The van der Waals surface area contributed by atoms with Crippen molar-refractivity contribution in [2.45, 2.75) is 11.4 Å². The average molecular weight is 411 g/mol. The fourth-order valence-electron chi connectivity index (χ4n) is 2.57. The first-order chi connectivity index (χ1) is 11.3. The highest BCUT2D eigenvalue weighted by Crippen LogP contribution is 2.30. The smallest absolute Gasteiger partial charge is 0.289 e. The van der Waals surface area contributed by atoms with Crippen molar-refractivity contribution in [3.05, 3.63) is 68.2 Å². The number of benzene rings is 2. The number of hydrogen-bond donors (Lipinski definition) is 0. The molecule has 3 rings (SSSR count). The Balaban J connectivity index is 2.05. The summed E-state index contributed by atoms with van der Waals surface area (Å²) >= 11 is 3.28. The van der Waals surface area contributed by atoms with Crippen molar-refractivity contribution in [1.82, 2.24) is 4.31 Å². The molecule has 0 saturated carbocycles. The van der Waals surface area contributed by atoms with Gasteiger partial charge in [0.15, 0.2) is 10.7 Å². The molecule has 0 fully saturated rings. The Kier molecular flexibility index (Phi) is 4.24. The third-order valence-electron chi connectivity index (χ3n) is 3.72. The second kappa shape index (κ2) is 6.08. The van der Waals surface area contributed by atoms with Crippen LogP contribution in [-0.4, -0.2) is 30.0 Å². The SMILES string of the molecule is O=C1CN(S(=O)(=O)c2ccccc2[N+](=O)[O-])Cc2ccc(Br)cc21. The van der Waals surface area contributed by atoms with E-state index < -0.39 is 25.5 Å². The molecule has 1 aliphatic heterocycles. The number of halogens is 1. The average Bonchev–Trinajstić information content (AvgIpc) is 2.55. The number of nitro groups is 1. The fourth-order valence-corrected chi connectivity index (χ4v) is 4.47. The van der Waals surface area contributed by atoms with Crippen molar-refractivity contribution in [2.24, 2.45) is 0 Å². The van der Waals surface area contributed by atoms with Gasteiger partial charge in [-0.3, -0.25) is 14.9 Å². The third kappa shape index (κ3) is 2.85. The molecule has 124 valence electrons. The molecule has 0 amide bonds. The van der Waals surface area contributed by atoms with Crippen LogP contribution in [-0.2, 0) is 16.6 Å². The van der Waals surface area contributed by atoms with Crippen LogP contribution < -0.4 is 0 Å². The first-order valence-electron chi connectivity index (χ1n) is 6.86. The Morgan fingerprint density at radius 3 is 2.54 bits per heavy atom. The van der Waals surface area contributed by atoms with E-state index >= 15 is 0 Å². The van der Waals surface area contributed by atoms with Gasteiger partial charge in [-0.05, 0) is 23.8 Å². The first-order valence-corrected chi connectivity index (χ1v) is 9.09. The summed E-state index contributed by atoms with van der Waals surface area (Å²) in [5, 5.41) is 11.1. The number of carbonyl (C=O) groups excluding carboxylic acids is 1. The molecule has 0 atom stereocenters. The van der Waals surface area contributed by atoms with Crippen LogP contribution in [0.5, 0.6) is 0 Å². The van der Waals surface area contributed by atoms with Crippen LogP contribution in [0.4, 0.5) is 5.69 Å². The third-order valence-corrected chi connectivity index (χ3v) is 6.05. The molecule has 0 unspecified atom stereocenters. The van der Waals surface area contributed by atoms with E-state index in [-0.39, 0.29) is 18.9 Å². The first kappa shape index (κ1) is 16.7. The summed E-state index contributed by atoms with van der Waals surface area (Å²) in [6.07, 6.45) is 0. The normalized spacial score (nSPS) is 15.1. The Bertz CT molecular complexity index is 958. The summed E-state index contributed by atoms with van der Waals surface area (Å²) in [7, 11) is -4.16. The number of carbonyl (C=O) groups is 1. The van der Waals surface area contributed by atoms with E-state index in [1.165, 1.54) is 18.2 Å². The van der Waals surface area contributed by atoms with Crippen LogP contribution in [0.15, 0.2) is 51.8 Å². The van der Waals surface area contributed by atoms with E-state index in [2.05, 4.69) is 15.9 Å². The van der Waals surface area contributed by atoms with Crippen LogP contribution in [0.1, 0.15) is 15.9 Å². The minimum absolute atomic E-state index is 0.0112. The van der Waals surface area contributed by atoms with Crippen molar-refractivity contribution in [3.63, 3.8) is 0 Å². The molecule has 24 heavy (non-hydrogen) atoms. The minimum atomic E-state index is -4.16. The van der Waals surface area contributed by atoms with E-state index in [0.29, 0.717) is 11.1 Å². The van der Waals surface area contributed by atoms with Gasteiger partial charge in [0.1, 0.15) is 0 Å². The Morgan fingerprint density at radius 2 is 1.83 bits per heavy atom. The highest BCUT2D eigenvalue weighted by molar-refractivity contribution is 9.10. The lowest BCUT2D eigenvalue weighted by Crippen LogP contribution is -2.39. The number of nitro benzene ring substituents is 1. The lowest BCUT2D eigenvalue weighted by Gasteiger charge is -2.27. The van der Waals surface area contributed by atoms with Crippen molar-refractivity contribution in [1.29, 1.82) is 0 Å². The van der Waals surface area contributed by atoms with E-state index in [1.54, 1.807) is 18.2 Å². The second-order valence-corrected chi connectivity index (χ2v) is 8.04. The standard InChI is InChI=1S/C15H11BrN2O5S/c16-11-6-5-10-8-17(9-14(19)12(10)7-11)24(22,23)15-4-2-1-3-13(15)18(20)21/h1-7H,8-9H2. The van der Waals surface area contributed by atoms with E-state index in [0.717, 1.165) is 14.8 Å². The second-order valence-electron chi connectivity index (χ2n) is 5.22. The molecule has 0 aliphatic carbocycles. The Hall–Kier alpha value is -2.10. The summed E-state index contributed by atoms with van der Waals surface area (Å²) in [6.45, 7) is -0.361. The van der Waals surface area contributed by atoms with Crippen molar-refractivity contribution >= 4 is 37.4 Å². The molecule has 7 nitrogen and oxygen atoms in total. The van der Waals surface area contributed by atoms with Gasteiger partial charge in [-0.1, -0.05) is 34.1 Å². The summed E-state index contributed by atoms with van der Waals surface area (Å²) < 4.78 is 27.3. The predicted molar refractivity (Wildman–Crippen MR) is 89.2 cm³/mol. The van der Waals surface area contributed by atoms with Gasteiger partial charge in [-0.25, -0.2) is 8.42 Å². The topological polar surface area (TPSA) is 97.6 Å². The van der Waals surface area contributed by atoms with Crippen molar-refractivity contribution in [3.8, 4) is 0 Å². The van der Waals surface area contributed by atoms with Crippen LogP contribution in [0, 0.1) is 10.1 Å². The maximum absolute atomic E-state index is 12.8. The van der Waals surface area contributed by atoms with Gasteiger partial charge in [0, 0.05) is 22.6 Å². The van der Waals surface area contributed by atoms with Crippen molar-refractivity contribution in [2.75, 3.05) is 6.54 Å². The molecule has 1 heterocycles. The van der Waals surface area contributed by atoms with E-state index in [9.17, 15) is 23.3 Å². The predicted octanol–water partition coefficient (Wildman–Crippen LogP) is 2.74. The minimum Gasteiger partial charge on any atom is -0.293 e. The summed E-state index contributed by atoms with van der Waals surface area (Å²) in [6, 6.07) is 10.1. The van der Waals surface area contributed by atoms with Crippen molar-refractivity contribution < 1.29 is 18.1 Å². The van der Waals surface area contributed by atoms with Crippen LogP contribution in [0.2, 0.25) is 0 Å². The maximum atomic E-state index is 12.8. The molecule has 0 radical (unpaired) electrons. The number of sulfonamides is 1. The molecule has 2 aromatic rings. The number of Topliss-reactive ketones (excluding diaryl/α,β-unsaturated/α-hetero) is 1. The maximum Gasteiger partial charge on any atom is 0.289 e. The number of rotatable bonds is 3. The monoisotopic (exact) mass is 410 g/mol. The summed E-state index contributed by atoms with van der Waals surface area (Å²) in [4.78, 5) is 22.2. The number of nitrogens with zero attached hydrogens (tertiary/aromatic N) is 2. The number of hydrogen-bond acceptors (Lipinski definition) is 5. The molecule has 0 bridgehead atoms. The highest BCUT2D eigenvalue weighted by atomic mass is 79.9. The molecule has 0 N–H and O–H groups in total. The van der Waals surface area contributed by atoms with Crippen LogP contribution in [0.25, 0.3) is 0 Å². The molecular weight excluding hydrogens is 400 g/mol. The number of para-hydroxylation sites is 1. The molecule has 0 aromatic heterocycles. The molecule has 1 aliphatic rings. The highest BCUT2D eigenvalue weighted by Gasteiger charge is 2.36. The molecule has 0 saturated heterocycles. The zero-order chi connectivity index (χ0) is 17.5. The zero-order valence-electron chi connectivity index (χ0n) is 12.2. The van der Waals surface area contributed by atoms with E-state index in [1.807, 2.05) is 0 Å².